The predicted molar refractivity (Wildman–Crippen MR) is 97.7 cm³/mol. The Morgan fingerprint density at radius 1 is 1.00 bits per heavy atom. The molecule has 0 aromatic rings. The molecule has 0 spiro atoms. The highest BCUT2D eigenvalue weighted by Crippen LogP contribution is 2.60. The van der Waals surface area contributed by atoms with E-state index in [0.717, 1.165) is 25.7 Å². The van der Waals surface area contributed by atoms with Gasteiger partial charge in [0.15, 0.2) is 0 Å². The van der Waals surface area contributed by atoms with Crippen molar-refractivity contribution in [3.63, 3.8) is 0 Å². The Hall–Kier alpha value is -1.59. The monoisotopic (exact) mass is 374 g/mol. The first kappa shape index (κ1) is 17.5. The number of carbonyl (C=O) groups excluding carboxylic acids is 2. The zero-order chi connectivity index (χ0) is 18.8. The van der Waals surface area contributed by atoms with E-state index in [0.29, 0.717) is 43.6 Å². The van der Waals surface area contributed by atoms with Gasteiger partial charge in [-0.05, 0) is 82.0 Å². The highest BCUT2D eigenvalue weighted by Gasteiger charge is 2.57. The smallest absolute Gasteiger partial charge is 0.311 e. The molecule has 27 heavy (non-hydrogen) atoms. The van der Waals surface area contributed by atoms with Crippen molar-refractivity contribution in [1.29, 1.82) is 0 Å². The summed E-state index contributed by atoms with van der Waals surface area (Å²) >= 11 is 0. The van der Waals surface area contributed by atoms with E-state index in [1.54, 1.807) is 0 Å². The zero-order valence-corrected chi connectivity index (χ0v) is 15.9. The fraction of sp³-hybridized carbons (Fsp3) is 0.857. The molecule has 6 nitrogen and oxygen atoms in total. The van der Waals surface area contributed by atoms with Gasteiger partial charge in [0.05, 0.1) is 10.8 Å². The molecule has 4 bridgehead atoms. The number of carbonyl (C=O) groups is 3. The molecule has 2 N–H and O–H groups in total. The minimum atomic E-state index is -0.823. The summed E-state index contributed by atoms with van der Waals surface area (Å²) in [6, 6.07) is -0.407. The van der Waals surface area contributed by atoms with E-state index in [2.05, 4.69) is 5.32 Å². The van der Waals surface area contributed by atoms with Gasteiger partial charge in [0, 0.05) is 13.1 Å². The number of nitrogens with one attached hydrogen (secondary N) is 1. The molecule has 6 rings (SSSR count). The van der Waals surface area contributed by atoms with Gasteiger partial charge in [-0.2, -0.15) is 0 Å². The Kier molecular flexibility index (Phi) is 3.86. The van der Waals surface area contributed by atoms with Crippen LogP contribution in [0.5, 0.6) is 0 Å². The maximum atomic E-state index is 13.6. The van der Waals surface area contributed by atoms with Crippen LogP contribution in [0.15, 0.2) is 0 Å². The highest BCUT2D eigenvalue weighted by atomic mass is 16.4. The summed E-state index contributed by atoms with van der Waals surface area (Å²) in [5.41, 5.74) is -0.973. The summed E-state index contributed by atoms with van der Waals surface area (Å²) in [6.45, 7) is 0.861. The van der Waals surface area contributed by atoms with Gasteiger partial charge < -0.3 is 15.3 Å². The molecule has 1 atom stereocenters. The molecule has 0 radical (unpaired) electrons. The van der Waals surface area contributed by atoms with E-state index < -0.39 is 17.4 Å². The van der Waals surface area contributed by atoms with Crippen molar-refractivity contribution in [1.82, 2.24) is 10.2 Å². The average molecular weight is 374 g/mol. The van der Waals surface area contributed by atoms with Crippen LogP contribution in [0.4, 0.5) is 0 Å². The second-order valence-electron chi connectivity index (χ2n) is 10.2. The number of likely N-dealkylation sites (tertiary alicyclic amines) is 1. The summed E-state index contributed by atoms with van der Waals surface area (Å²) in [6.07, 6.45) is 9.77. The average Bonchev–Trinajstić information content (AvgIpc) is 3.26. The fourth-order valence-corrected chi connectivity index (χ4v) is 6.95. The van der Waals surface area contributed by atoms with Crippen LogP contribution >= 0.6 is 0 Å². The standard InChI is InChI=1S/C21H30N2O4/c24-17(22-12-20(3-4-20)19(26)27)16-2-1-5-23(16)18(25)21-9-13-6-14(10-21)8-15(7-13)11-21/h13-16H,1-12H2,(H,22,24)(H,26,27). The molecular formula is C21H30N2O4. The lowest BCUT2D eigenvalue weighted by atomic mass is 9.49. The third-order valence-corrected chi connectivity index (χ3v) is 8.22. The number of rotatable bonds is 5. The molecule has 1 unspecified atom stereocenters. The van der Waals surface area contributed by atoms with Crippen LogP contribution in [0.25, 0.3) is 0 Å². The van der Waals surface area contributed by atoms with Crippen molar-refractivity contribution in [2.45, 2.75) is 70.3 Å². The van der Waals surface area contributed by atoms with Gasteiger partial charge >= 0.3 is 5.97 Å². The van der Waals surface area contributed by atoms with Gasteiger partial charge in [-0.3, -0.25) is 14.4 Å². The van der Waals surface area contributed by atoms with Crippen molar-refractivity contribution in [3.8, 4) is 0 Å². The molecule has 0 aromatic heterocycles. The normalized spacial score (nSPS) is 40.8. The predicted octanol–water partition coefficient (Wildman–Crippen LogP) is 2.17. The van der Waals surface area contributed by atoms with Gasteiger partial charge in [0.1, 0.15) is 6.04 Å². The molecule has 0 aromatic carbocycles. The summed E-state index contributed by atoms with van der Waals surface area (Å²) in [7, 11) is 0. The van der Waals surface area contributed by atoms with Crippen molar-refractivity contribution in [3.05, 3.63) is 0 Å². The first-order valence-corrected chi connectivity index (χ1v) is 10.7. The molecule has 1 aliphatic heterocycles. The van der Waals surface area contributed by atoms with Crippen LogP contribution in [-0.2, 0) is 14.4 Å². The molecule has 6 aliphatic rings. The molecule has 5 aliphatic carbocycles. The Balaban J connectivity index is 1.27. The Labute approximate surface area is 160 Å². The first-order chi connectivity index (χ1) is 12.9. The molecule has 1 heterocycles. The number of hydrogen-bond acceptors (Lipinski definition) is 3. The first-order valence-electron chi connectivity index (χ1n) is 10.7. The van der Waals surface area contributed by atoms with Gasteiger partial charge in [0.2, 0.25) is 11.8 Å². The molecule has 6 fully saturated rings. The van der Waals surface area contributed by atoms with Crippen molar-refractivity contribution in [2.24, 2.45) is 28.6 Å². The summed E-state index contributed by atoms with van der Waals surface area (Å²) in [5, 5.41) is 12.2. The van der Waals surface area contributed by atoms with Gasteiger partial charge in [0.25, 0.3) is 0 Å². The minimum absolute atomic E-state index is 0.155. The van der Waals surface area contributed by atoms with Gasteiger partial charge in [-0.15, -0.1) is 0 Å². The highest BCUT2D eigenvalue weighted by molar-refractivity contribution is 5.91. The van der Waals surface area contributed by atoms with E-state index in [9.17, 15) is 19.5 Å². The molecule has 1 saturated heterocycles. The lowest BCUT2D eigenvalue weighted by Gasteiger charge is -2.56. The number of amides is 2. The van der Waals surface area contributed by atoms with Crippen LogP contribution in [0.1, 0.15) is 64.2 Å². The van der Waals surface area contributed by atoms with Crippen LogP contribution < -0.4 is 5.32 Å². The number of hydrogen-bond donors (Lipinski definition) is 2. The van der Waals surface area contributed by atoms with Gasteiger partial charge in [-0.1, -0.05) is 0 Å². The van der Waals surface area contributed by atoms with Crippen molar-refractivity contribution >= 4 is 17.8 Å². The van der Waals surface area contributed by atoms with Crippen LogP contribution in [0.2, 0.25) is 0 Å². The number of carboxylic acids is 1. The quantitative estimate of drug-likeness (QED) is 0.772. The van der Waals surface area contributed by atoms with E-state index in [1.807, 2.05) is 4.90 Å². The third-order valence-electron chi connectivity index (χ3n) is 8.22. The Morgan fingerprint density at radius 3 is 2.11 bits per heavy atom. The lowest BCUT2D eigenvalue weighted by molar-refractivity contribution is -0.160. The molecule has 6 heteroatoms. The van der Waals surface area contributed by atoms with Gasteiger partial charge in [-0.25, -0.2) is 0 Å². The van der Waals surface area contributed by atoms with E-state index >= 15 is 0 Å². The van der Waals surface area contributed by atoms with E-state index in [4.69, 9.17) is 0 Å². The third kappa shape index (κ3) is 2.78. The number of nitrogens with zero attached hydrogens (tertiary/aromatic N) is 1. The van der Waals surface area contributed by atoms with Crippen molar-refractivity contribution < 1.29 is 19.5 Å². The maximum absolute atomic E-state index is 13.6. The van der Waals surface area contributed by atoms with E-state index in [1.165, 1.54) is 19.3 Å². The fourth-order valence-electron chi connectivity index (χ4n) is 6.95. The largest absolute Gasteiger partial charge is 0.481 e. The molecular weight excluding hydrogens is 344 g/mol. The summed E-state index contributed by atoms with van der Waals surface area (Å²) in [4.78, 5) is 39.6. The molecule has 5 saturated carbocycles. The van der Waals surface area contributed by atoms with Crippen LogP contribution in [-0.4, -0.2) is 46.9 Å². The summed E-state index contributed by atoms with van der Waals surface area (Å²) < 4.78 is 0. The second-order valence-corrected chi connectivity index (χ2v) is 10.2. The molecule has 148 valence electrons. The van der Waals surface area contributed by atoms with Crippen LogP contribution in [0, 0.1) is 28.6 Å². The van der Waals surface area contributed by atoms with Crippen molar-refractivity contribution in [2.75, 3.05) is 13.1 Å². The topological polar surface area (TPSA) is 86.7 Å². The number of carboxylic acid groups (broad SMARTS) is 1. The SMILES string of the molecule is O=C(NCC1(C(=O)O)CC1)C1CCCN1C(=O)C12CC3CC(CC(C3)C1)C2. The second kappa shape index (κ2) is 5.95. The van der Waals surface area contributed by atoms with Crippen LogP contribution in [0.3, 0.4) is 0 Å². The summed E-state index contributed by atoms with van der Waals surface area (Å²) in [5.74, 6) is 1.37. The maximum Gasteiger partial charge on any atom is 0.311 e. The zero-order valence-electron chi connectivity index (χ0n) is 15.9. The minimum Gasteiger partial charge on any atom is -0.481 e. The Bertz CT molecular complexity index is 648. The van der Waals surface area contributed by atoms with E-state index in [-0.39, 0.29) is 23.8 Å². The lowest BCUT2D eigenvalue weighted by Crippen LogP contribution is -2.57. The Morgan fingerprint density at radius 2 is 1.59 bits per heavy atom. The number of aliphatic carboxylic acids is 1. The molecule has 2 amide bonds.